The summed E-state index contributed by atoms with van der Waals surface area (Å²) in [6.07, 6.45) is 3.03. The Balaban J connectivity index is 1.84. The average molecular weight is 389 g/mol. The molecule has 0 fully saturated rings. The number of carbonyl (C=O) groups excluding carboxylic acids is 3. The zero-order chi connectivity index (χ0) is 20.4. The topological polar surface area (TPSA) is 128 Å². The molecule has 1 aromatic carbocycles. The molecule has 0 saturated heterocycles. The SMILES string of the molecule is NC(=O)CCN(C(=O)COC(=O)CCNc1ncccn1)c1ccc(F)cc1. The number of halogens is 1. The number of aromatic nitrogens is 2. The van der Waals surface area contributed by atoms with Crippen LogP contribution in [0.3, 0.4) is 0 Å². The molecule has 2 amide bonds. The van der Waals surface area contributed by atoms with Crippen LogP contribution in [0.1, 0.15) is 12.8 Å². The lowest BCUT2D eigenvalue weighted by molar-refractivity contribution is -0.147. The standard InChI is InChI=1S/C18H20FN5O4/c19-13-2-4-14(5-3-13)24(11-7-15(20)25)16(26)12-28-17(27)6-10-23-18-21-8-1-9-22-18/h1-5,8-9H,6-7,10-12H2,(H2,20,25)(H,21,22,23). The number of ether oxygens (including phenoxy) is 1. The minimum atomic E-state index is -0.592. The van der Waals surface area contributed by atoms with Crippen LogP contribution < -0.4 is 16.0 Å². The van der Waals surface area contributed by atoms with Crippen LogP contribution in [0.2, 0.25) is 0 Å². The second-order valence-electron chi connectivity index (χ2n) is 5.65. The molecule has 2 aromatic rings. The van der Waals surface area contributed by atoms with Crippen molar-refractivity contribution in [1.29, 1.82) is 0 Å². The van der Waals surface area contributed by atoms with E-state index in [1.54, 1.807) is 18.5 Å². The molecule has 1 heterocycles. The first-order valence-corrected chi connectivity index (χ1v) is 8.46. The second-order valence-corrected chi connectivity index (χ2v) is 5.65. The van der Waals surface area contributed by atoms with Crippen molar-refractivity contribution in [3.63, 3.8) is 0 Å². The lowest BCUT2D eigenvalue weighted by Gasteiger charge is -2.22. The predicted molar refractivity (Wildman–Crippen MR) is 98.7 cm³/mol. The van der Waals surface area contributed by atoms with Gasteiger partial charge >= 0.3 is 5.97 Å². The van der Waals surface area contributed by atoms with E-state index >= 15 is 0 Å². The highest BCUT2D eigenvalue weighted by Gasteiger charge is 2.18. The van der Waals surface area contributed by atoms with Gasteiger partial charge in [0.25, 0.3) is 5.91 Å². The fourth-order valence-electron chi connectivity index (χ4n) is 2.20. The molecule has 0 aliphatic carbocycles. The fourth-order valence-corrected chi connectivity index (χ4v) is 2.20. The van der Waals surface area contributed by atoms with Gasteiger partial charge in [0, 0.05) is 37.6 Å². The number of hydrogen-bond donors (Lipinski definition) is 2. The molecule has 9 nitrogen and oxygen atoms in total. The summed E-state index contributed by atoms with van der Waals surface area (Å²) in [7, 11) is 0. The van der Waals surface area contributed by atoms with E-state index in [4.69, 9.17) is 10.5 Å². The summed E-state index contributed by atoms with van der Waals surface area (Å²) in [4.78, 5) is 44.4. The molecule has 0 radical (unpaired) electrons. The summed E-state index contributed by atoms with van der Waals surface area (Å²) in [5.41, 5.74) is 5.50. The molecule has 28 heavy (non-hydrogen) atoms. The van der Waals surface area contributed by atoms with E-state index in [-0.39, 0.29) is 25.9 Å². The largest absolute Gasteiger partial charge is 0.455 e. The van der Waals surface area contributed by atoms with Crippen LogP contribution in [0.25, 0.3) is 0 Å². The van der Waals surface area contributed by atoms with E-state index in [1.165, 1.54) is 29.2 Å². The molecule has 0 unspecified atom stereocenters. The van der Waals surface area contributed by atoms with Crippen LogP contribution in [-0.2, 0) is 19.1 Å². The molecule has 0 aliphatic rings. The molecule has 1 aromatic heterocycles. The third-order valence-electron chi connectivity index (χ3n) is 3.56. The maximum atomic E-state index is 13.1. The van der Waals surface area contributed by atoms with Gasteiger partial charge in [0.05, 0.1) is 6.42 Å². The van der Waals surface area contributed by atoms with E-state index in [9.17, 15) is 18.8 Å². The van der Waals surface area contributed by atoms with Crippen molar-refractivity contribution in [2.75, 3.05) is 29.9 Å². The fraction of sp³-hybridized carbons (Fsp3) is 0.278. The molecule has 0 bridgehead atoms. The number of esters is 1. The second kappa shape index (κ2) is 10.6. The molecule has 10 heteroatoms. The molecule has 0 spiro atoms. The Morgan fingerprint density at radius 1 is 1.11 bits per heavy atom. The lowest BCUT2D eigenvalue weighted by Crippen LogP contribution is -2.37. The Hall–Kier alpha value is -3.56. The zero-order valence-electron chi connectivity index (χ0n) is 15.0. The van der Waals surface area contributed by atoms with Gasteiger partial charge in [0.15, 0.2) is 6.61 Å². The Bertz CT molecular complexity index is 801. The van der Waals surface area contributed by atoms with E-state index in [0.29, 0.717) is 11.6 Å². The number of nitrogens with two attached hydrogens (primary N) is 1. The van der Waals surface area contributed by atoms with Gasteiger partial charge in [0.2, 0.25) is 11.9 Å². The maximum absolute atomic E-state index is 13.1. The molecule has 148 valence electrons. The molecular formula is C18H20FN5O4. The molecule has 0 saturated carbocycles. The number of benzene rings is 1. The maximum Gasteiger partial charge on any atom is 0.308 e. The average Bonchev–Trinajstić information content (AvgIpc) is 2.68. The Morgan fingerprint density at radius 3 is 2.43 bits per heavy atom. The number of amides is 2. The first kappa shape index (κ1) is 20.7. The summed E-state index contributed by atoms with van der Waals surface area (Å²) in [5, 5.41) is 2.84. The Morgan fingerprint density at radius 2 is 1.79 bits per heavy atom. The van der Waals surface area contributed by atoms with Gasteiger partial charge in [-0.25, -0.2) is 14.4 Å². The number of hydrogen-bond acceptors (Lipinski definition) is 7. The van der Waals surface area contributed by atoms with Crippen molar-refractivity contribution in [3.8, 4) is 0 Å². The molecule has 2 rings (SSSR count). The van der Waals surface area contributed by atoms with Crippen LogP contribution in [0.15, 0.2) is 42.7 Å². The van der Waals surface area contributed by atoms with E-state index < -0.39 is 30.2 Å². The van der Waals surface area contributed by atoms with Gasteiger partial charge in [-0.3, -0.25) is 14.4 Å². The minimum absolute atomic E-state index is 0.00334. The van der Waals surface area contributed by atoms with E-state index in [0.717, 1.165) is 0 Å². The van der Waals surface area contributed by atoms with Crippen molar-refractivity contribution in [2.45, 2.75) is 12.8 Å². The van der Waals surface area contributed by atoms with Gasteiger partial charge in [-0.2, -0.15) is 0 Å². The highest BCUT2D eigenvalue weighted by molar-refractivity contribution is 5.95. The van der Waals surface area contributed by atoms with E-state index in [2.05, 4.69) is 15.3 Å². The van der Waals surface area contributed by atoms with Crippen molar-refractivity contribution < 1.29 is 23.5 Å². The third kappa shape index (κ3) is 6.98. The van der Waals surface area contributed by atoms with Gasteiger partial charge in [-0.05, 0) is 30.3 Å². The Kier molecular flexibility index (Phi) is 7.82. The summed E-state index contributed by atoms with van der Waals surface area (Å²) in [5.74, 6) is -1.83. The number of rotatable bonds is 10. The quantitative estimate of drug-likeness (QED) is 0.577. The van der Waals surface area contributed by atoms with Crippen LogP contribution in [-0.4, -0.2) is 47.4 Å². The molecular weight excluding hydrogens is 369 g/mol. The first-order chi connectivity index (χ1) is 13.5. The lowest BCUT2D eigenvalue weighted by atomic mass is 10.2. The highest BCUT2D eigenvalue weighted by atomic mass is 19.1. The van der Waals surface area contributed by atoms with Crippen molar-refractivity contribution in [3.05, 3.63) is 48.5 Å². The van der Waals surface area contributed by atoms with Crippen LogP contribution in [0, 0.1) is 5.82 Å². The monoisotopic (exact) mass is 389 g/mol. The van der Waals surface area contributed by atoms with Crippen LogP contribution >= 0.6 is 0 Å². The number of carbonyl (C=O) groups is 3. The van der Waals surface area contributed by atoms with Gasteiger partial charge in [-0.15, -0.1) is 0 Å². The first-order valence-electron chi connectivity index (χ1n) is 8.46. The van der Waals surface area contributed by atoms with Crippen molar-refractivity contribution in [1.82, 2.24) is 9.97 Å². The molecule has 0 aliphatic heterocycles. The smallest absolute Gasteiger partial charge is 0.308 e. The van der Waals surface area contributed by atoms with Gasteiger partial charge in [0.1, 0.15) is 5.82 Å². The van der Waals surface area contributed by atoms with Gasteiger partial charge < -0.3 is 20.7 Å². The summed E-state index contributed by atoms with van der Waals surface area (Å²) in [6, 6.07) is 6.81. The van der Waals surface area contributed by atoms with Gasteiger partial charge in [-0.1, -0.05) is 0 Å². The molecule has 0 atom stereocenters. The highest BCUT2D eigenvalue weighted by Crippen LogP contribution is 2.15. The zero-order valence-corrected chi connectivity index (χ0v) is 15.0. The Labute approximate surface area is 160 Å². The number of primary amides is 1. The van der Waals surface area contributed by atoms with Crippen LogP contribution in [0.5, 0.6) is 0 Å². The molecule has 3 N–H and O–H groups in total. The number of nitrogens with zero attached hydrogens (tertiary/aromatic N) is 3. The summed E-state index contributed by atoms with van der Waals surface area (Å²) >= 11 is 0. The normalized spacial score (nSPS) is 10.2. The summed E-state index contributed by atoms with van der Waals surface area (Å²) in [6.45, 7) is -0.290. The predicted octanol–water partition coefficient (Wildman–Crippen LogP) is 0.869. The van der Waals surface area contributed by atoms with Crippen LogP contribution in [0.4, 0.5) is 16.0 Å². The number of nitrogens with one attached hydrogen (secondary N) is 1. The minimum Gasteiger partial charge on any atom is -0.455 e. The van der Waals surface area contributed by atoms with E-state index in [1.807, 2.05) is 0 Å². The number of anilines is 2. The third-order valence-corrected chi connectivity index (χ3v) is 3.56. The summed E-state index contributed by atoms with van der Waals surface area (Å²) < 4.78 is 18.1. The van der Waals surface area contributed by atoms with Crippen molar-refractivity contribution >= 4 is 29.4 Å². The van der Waals surface area contributed by atoms with Crippen molar-refractivity contribution in [2.24, 2.45) is 5.73 Å².